The van der Waals surface area contributed by atoms with E-state index in [2.05, 4.69) is 31.9 Å². The molecule has 10 heteroatoms. The maximum atomic E-state index is 13.0. The number of nitrogens with zero attached hydrogens (tertiary/aromatic N) is 4. The van der Waals surface area contributed by atoms with Crippen LogP contribution in [0.15, 0.2) is 0 Å². The van der Waals surface area contributed by atoms with E-state index >= 15 is 0 Å². The van der Waals surface area contributed by atoms with E-state index in [1.165, 1.54) is 19.6 Å². The molecule has 2 heterocycles. The fraction of sp³-hybridized carbons (Fsp3) is 0.789. The lowest BCUT2D eigenvalue weighted by Gasteiger charge is -2.36. The van der Waals surface area contributed by atoms with Crippen molar-refractivity contribution in [2.75, 3.05) is 19.8 Å². The molecule has 2 rings (SSSR count). The molecule has 2 aliphatic rings. The molecule has 0 bridgehead atoms. The van der Waals surface area contributed by atoms with Gasteiger partial charge in [0.1, 0.15) is 17.7 Å². The topological polar surface area (TPSA) is 81.2 Å². The number of hydrogen-bond acceptors (Lipinski definition) is 4. The van der Waals surface area contributed by atoms with E-state index in [1.807, 2.05) is 13.8 Å². The van der Waals surface area contributed by atoms with Gasteiger partial charge in [0.25, 0.3) is 11.8 Å². The van der Waals surface area contributed by atoms with Gasteiger partial charge in [-0.1, -0.05) is 45.7 Å². The second-order valence-electron chi connectivity index (χ2n) is 8.52. The van der Waals surface area contributed by atoms with Gasteiger partial charge in [0.15, 0.2) is 0 Å². The Hall–Kier alpha value is -1.16. The molecule has 6 amide bonds. The third-order valence-corrected chi connectivity index (χ3v) is 7.61. The second kappa shape index (κ2) is 8.53. The van der Waals surface area contributed by atoms with Gasteiger partial charge in [0.05, 0.1) is 0 Å². The van der Waals surface area contributed by atoms with Crippen molar-refractivity contribution < 1.29 is 19.2 Å². The molecule has 0 aromatic rings. The molecule has 2 saturated heterocycles. The van der Waals surface area contributed by atoms with E-state index in [4.69, 9.17) is 0 Å². The minimum atomic E-state index is -1.11. The minimum absolute atomic E-state index is 0.00187. The molecule has 0 radical (unpaired) electrons. The van der Waals surface area contributed by atoms with Crippen LogP contribution in [-0.2, 0) is 9.59 Å². The third-order valence-electron chi connectivity index (χ3n) is 5.74. The van der Waals surface area contributed by atoms with Crippen LogP contribution in [0.25, 0.3) is 0 Å². The van der Waals surface area contributed by atoms with E-state index in [9.17, 15) is 19.2 Å². The van der Waals surface area contributed by atoms with E-state index in [0.29, 0.717) is 0 Å². The fourth-order valence-electron chi connectivity index (χ4n) is 3.43. The summed E-state index contributed by atoms with van der Waals surface area (Å²) >= 11 is 6.95. The van der Waals surface area contributed by atoms with Crippen molar-refractivity contribution in [1.29, 1.82) is 0 Å². The maximum absolute atomic E-state index is 13.0. The Morgan fingerprint density at radius 1 is 0.724 bits per heavy atom. The Bertz CT molecular complexity index is 654. The van der Waals surface area contributed by atoms with Gasteiger partial charge in [-0.2, -0.15) is 0 Å². The molecule has 0 saturated carbocycles. The van der Waals surface area contributed by atoms with Crippen LogP contribution in [0.5, 0.6) is 0 Å². The third kappa shape index (κ3) is 4.19. The van der Waals surface area contributed by atoms with Gasteiger partial charge in [-0.15, -0.1) is 0 Å². The number of urea groups is 2. The fourth-order valence-corrected chi connectivity index (χ4v) is 4.01. The standard InChI is InChI=1S/C19H30Br2N4O4/c1-7-12(20)9-22-14(26)18(3,4)24(16(22)28)11-25-17(29)23(10-13(21)8-2)15(27)19(25,5)6/h12-13H,7-11H2,1-6H3. The molecular weight excluding hydrogens is 508 g/mol. The minimum Gasteiger partial charge on any atom is -0.292 e. The largest absolute Gasteiger partial charge is 0.329 e. The number of alkyl halides is 2. The van der Waals surface area contributed by atoms with Gasteiger partial charge in [-0.25, -0.2) is 9.59 Å². The molecule has 164 valence electrons. The highest BCUT2D eigenvalue weighted by atomic mass is 79.9. The lowest BCUT2D eigenvalue weighted by molar-refractivity contribution is -0.133. The van der Waals surface area contributed by atoms with E-state index in [-0.39, 0.29) is 41.2 Å². The molecule has 0 aromatic carbocycles. The number of amides is 6. The van der Waals surface area contributed by atoms with Gasteiger partial charge < -0.3 is 0 Å². The highest BCUT2D eigenvalue weighted by Gasteiger charge is 2.57. The van der Waals surface area contributed by atoms with Gasteiger partial charge in [-0.05, 0) is 40.5 Å². The summed E-state index contributed by atoms with van der Waals surface area (Å²) in [6, 6.07) is -0.890. The van der Waals surface area contributed by atoms with Crippen LogP contribution < -0.4 is 0 Å². The SMILES string of the molecule is CCC(Br)CN1C(=O)N(CN2C(=O)N(CC(Br)CC)C(=O)C2(C)C)C(C)(C)C1=O. The van der Waals surface area contributed by atoms with Gasteiger partial charge >= 0.3 is 12.1 Å². The normalized spacial score (nSPS) is 23.4. The van der Waals surface area contributed by atoms with Crippen molar-refractivity contribution in [2.24, 2.45) is 0 Å². The summed E-state index contributed by atoms with van der Waals surface area (Å²) in [6.07, 6.45) is 1.54. The molecular formula is C19H30Br2N4O4. The van der Waals surface area contributed by atoms with Crippen molar-refractivity contribution in [1.82, 2.24) is 19.6 Å². The molecule has 29 heavy (non-hydrogen) atoms. The number of rotatable bonds is 8. The molecule has 0 aliphatic carbocycles. The van der Waals surface area contributed by atoms with E-state index < -0.39 is 23.1 Å². The number of halogens is 2. The summed E-state index contributed by atoms with van der Waals surface area (Å²) in [5, 5.41) is 0. The van der Waals surface area contributed by atoms with Crippen LogP contribution in [0.4, 0.5) is 9.59 Å². The number of imide groups is 2. The van der Waals surface area contributed by atoms with Gasteiger partial charge in [0.2, 0.25) is 0 Å². The lowest BCUT2D eigenvalue weighted by atomic mass is 10.0. The number of carbonyl (C=O) groups excluding carboxylic acids is 4. The lowest BCUT2D eigenvalue weighted by Crippen LogP contribution is -2.55. The van der Waals surface area contributed by atoms with Gasteiger partial charge in [-0.3, -0.25) is 29.2 Å². The highest BCUT2D eigenvalue weighted by Crippen LogP contribution is 2.34. The van der Waals surface area contributed by atoms with Gasteiger partial charge in [0, 0.05) is 22.7 Å². The molecule has 2 atom stereocenters. The molecule has 2 unspecified atom stereocenters. The zero-order chi connectivity index (χ0) is 22.3. The van der Waals surface area contributed by atoms with Crippen molar-refractivity contribution in [3.05, 3.63) is 0 Å². The van der Waals surface area contributed by atoms with Crippen molar-refractivity contribution in [3.63, 3.8) is 0 Å². The Morgan fingerprint density at radius 2 is 1.03 bits per heavy atom. The molecule has 2 fully saturated rings. The number of hydrogen-bond donors (Lipinski definition) is 0. The first-order valence-electron chi connectivity index (χ1n) is 9.85. The molecule has 8 nitrogen and oxygen atoms in total. The first kappa shape index (κ1) is 24.1. The van der Waals surface area contributed by atoms with Crippen LogP contribution in [0, 0.1) is 0 Å². The van der Waals surface area contributed by atoms with Crippen molar-refractivity contribution in [2.45, 2.75) is 75.1 Å². The Kier molecular flexibility index (Phi) is 7.09. The number of carbonyl (C=O) groups is 4. The summed E-state index contributed by atoms with van der Waals surface area (Å²) in [5.41, 5.74) is -2.21. The molecule has 0 aromatic heterocycles. The smallest absolute Gasteiger partial charge is 0.292 e. The zero-order valence-corrected chi connectivity index (χ0v) is 21.0. The summed E-state index contributed by atoms with van der Waals surface area (Å²) in [4.78, 5) is 57.1. The highest BCUT2D eigenvalue weighted by molar-refractivity contribution is 9.09. The maximum Gasteiger partial charge on any atom is 0.329 e. The summed E-state index contributed by atoms with van der Waals surface area (Å²) in [7, 11) is 0. The summed E-state index contributed by atoms with van der Waals surface area (Å²) in [5.74, 6) is -0.612. The molecule has 0 N–H and O–H groups in total. The van der Waals surface area contributed by atoms with Crippen LogP contribution >= 0.6 is 31.9 Å². The average Bonchev–Trinajstić information content (AvgIpc) is 2.91. The van der Waals surface area contributed by atoms with Crippen LogP contribution in [-0.4, -0.2) is 84.0 Å². The predicted molar refractivity (Wildman–Crippen MR) is 117 cm³/mol. The summed E-state index contributed by atoms with van der Waals surface area (Å²) in [6.45, 7) is 11.0. The van der Waals surface area contributed by atoms with Crippen LogP contribution in [0.3, 0.4) is 0 Å². The zero-order valence-electron chi connectivity index (χ0n) is 17.9. The molecule has 0 spiro atoms. The van der Waals surface area contributed by atoms with E-state index in [0.717, 1.165) is 12.8 Å². The van der Waals surface area contributed by atoms with E-state index in [1.54, 1.807) is 27.7 Å². The van der Waals surface area contributed by atoms with Crippen molar-refractivity contribution >= 4 is 55.7 Å². The first-order valence-corrected chi connectivity index (χ1v) is 11.7. The quantitative estimate of drug-likeness (QED) is 0.351. The molecule has 2 aliphatic heterocycles. The Morgan fingerprint density at radius 3 is 1.31 bits per heavy atom. The monoisotopic (exact) mass is 536 g/mol. The van der Waals surface area contributed by atoms with Crippen LogP contribution in [0.1, 0.15) is 54.4 Å². The predicted octanol–water partition coefficient (Wildman–Crippen LogP) is 3.38. The average molecular weight is 538 g/mol. The van der Waals surface area contributed by atoms with Crippen LogP contribution in [0.2, 0.25) is 0 Å². The Balaban J connectivity index is 2.29. The first-order chi connectivity index (χ1) is 13.3. The second-order valence-corrected chi connectivity index (χ2v) is 11.1. The van der Waals surface area contributed by atoms with Crippen molar-refractivity contribution in [3.8, 4) is 0 Å². The summed E-state index contributed by atoms with van der Waals surface area (Å²) < 4.78 is 0. The Labute approximate surface area is 189 Å².